The molecular weight excluding hydrogens is 312 g/mol. The molecule has 1 aliphatic heterocycles. The second-order valence-corrected chi connectivity index (χ2v) is 7.00. The van der Waals surface area contributed by atoms with Gasteiger partial charge in [0, 0.05) is 19.1 Å². The predicted molar refractivity (Wildman–Crippen MR) is 85.4 cm³/mol. The first-order valence-corrected chi connectivity index (χ1v) is 8.46. The highest BCUT2D eigenvalue weighted by molar-refractivity contribution is 7.89. The molecule has 7 heteroatoms. The van der Waals surface area contributed by atoms with E-state index in [1.54, 1.807) is 24.3 Å². The van der Waals surface area contributed by atoms with Crippen molar-refractivity contribution in [2.75, 3.05) is 19.7 Å². The zero-order valence-electron chi connectivity index (χ0n) is 12.2. The van der Waals surface area contributed by atoms with Crippen LogP contribution in [-0.2, 0) is 10.0 Å². The third-order valence-corrected chi connectivity index (χ3v) is 5.35. The lowest BCUT2D eigenvalue weighted by Gasteiger charge is -2.29. The summed E-state index contributed by atoms with van der Waals surface area (Å²) >= 11 is 0. The number of nitrogens with zero attached hydrogens (tertiary/aromatic N) is 1. The maximum Gasteiger partial charge on any atom is 0.243 e. The fourth-order valence-electron chi connectivity index (χ4n) is 2.19. The van der Waals surface area contributed by atoms with E-state index in [2.05, 4.69) is 0 Å². The molecule has 2 N–H and O–H groups in total. The van der Waals surface area contributed by atoms with E-state index in [0.717, 1.165) is 19.3 Å². The summed E-state index contributed by atoms with van der Waals surface area (Å²) in [7, 11) is -3.40. The van der Waals surface area contributed by atoms with Gasteiger partial charge in [-0.25, -0.2) is 8.42 Å². The third-order valence-electron chi connectivity index (χ3n) is 3.43. The molecule has 0 spiro atoms. The van der Waals surface area contributed by atoms with Gasteiger partial charge in [-0.15, -0.1) is 12.4 Å². The van der Waals surface area contributed by atoms with Crippen LogP contribution in [0.4, 0.5) is 0 Å². The lowest BCUT2D eigenvalue weighted by molar-refractivity contribution is 0.316. The molecule has 1 aliphatic rings. The number of sulfonamides is 1. The lowest BCUT2D eigenvalue weighted by Crippen LogP contribution is -2.42. The first-order chi connectivity index (χ1) is 9.54. The quantitative estimate of drug-likeness (QED) is 0.894. The molecule has 120 valence electrons. The van der Waals surface area contributed by atoms with Crippen LogP contribution in [0.5, 0.6) is 5.75 Å². The van der Waals surface area contributed by atoms with Crippen LogP contribution in [0.15, 0.2) is 29.2 Å². The summed E-state index contributed by atoms with van der Waals surface area (Å²) in [5.74, 6) is 0.700. The van der Waals surface area contributed by atoms with Crippen molar-refractivity contribution in [3.05, 3.63) is 24.3 Å². The second kappa shape index (κ2) is 7.98. The maximum absolute atomic E-state index is 12.5. The van der Waals surface area contributed by atoms with Crippen molar-refractivity contribution in [3.8, 4) is 5.75 Å². The van der Waals surface area contributed by atoms with Gasteiger partial charge in [0.05, 0.1) is 11.5 Å². The Balaban J connectivity index is 0.00000220. The summed E-state index contributed by atoms with van der Waals surface area (Å²) in [5, 5.41) is 0. The van der Waals surface area contributed by atoms with E-state index in [-0.39, 0.29) is 18.4 Å². The van der Waals surface area contributed by atoms with Crippen molar-refractivity contribution in [1.82, 2.24) is 4.31 Å². The number of ether oxygens (including phenoxy) is 1. The smallest absolute Gasteiger partial charge is 0.243 e. The first kappa shape index (κ1) is 18.2. The van der Waals surface area contributed by atoms with Crippen LogP contribution >= 0.6 is 12.4 Å². The van der Waals surface area contributed by atoms with Crippen molar-refractivity contribution in [3.63, 3.8) is 0 Å². The zero-order chi connectivity index (χ0) is 14.6. The summed E-state index contributed by atoms with van der Waals surface area (Å²) in [6.45, 7) is 3.66. The van der Waals surface area contributed by atoms with Crippen LogP contribution in [0.1, 0.15) is 26.2 Å². The summed E-state index contributed by atoms with van der Waals surface area (Å²) in [4.78, 5) is 0.316. The number of halogens is 1. The Morgan fingerprint density at radius 1 is 1.24 bits per heavy atom. The summed E-state index contributed by atoms with van der Waals surface area (Å²) in [5.41, 5.74) is 5.81. The van der Waals surface area contributed by atoms with E-state index in [9.17, 15) is 8.42 Å². The number of benzene rings is 1. The van der Waals surface area contributed by atoms with Crippen LogP contribution in [0.2, 0.25) is 0 Å². The molecule has 0 bridgehead atoms. The monoisotopic (exact) mass is 334 g/mol. The molecule has 1 aromatic rings. The molecule has 1 heterocycles. The highest BCUT2D eigenvalue weighted by atomic mass is 35.5. The minimum Gasteiger partial charge on any atom is -0.494 e. The Hall–Kier alpha value is -0.820. The van der Waals surface area contributed by atoms with Crippen LogP contribution in [-0.4, -0.2) is 38.5 Å². The lowest BCUT2D eigenvalue weighted by atomic mass is 10.1. The molecule has 0 unspecified atom stereocenters. The minimum atomic E-state index is -3.40. The van der Waals surface area contributed by atoms with E-state index >= 15 is 0 Å². The van der Waals surface area contributed by atoms with Gasteiger partial charge in [-0.3, -0.25) is 0 Å². The Morgan fingerprint density at radius 3 is 2.33 bits per heavy atom. The molecule has 0 radical (unpaired) electrons. The van der Waals surface area contributed by atoms with Crippen molar-refractivity contribution < 1.29 is 13.2 Å². The first-order valence-electron chi connectivity index (χ1n) is 7.02. The average molecular weight is 335 g/mol. The highest BCUT2D eigenvalue weighted by Gasteiger charge is 2.28. The van der Waals surface area contributed by atoms with Gasteiger partial charge in [0.2, 0.25) is 10.0 Å². The summed E-state index contributed by atoms with van der Waals surface area (Å²) in [6.07, 6.45) is 2.36. The molecule has 1 aromatic carbocycles. The van der Waals surface area contributed by atoms with Crippen molar-refractivity contribution in [1.29, 1.82) is 0 Å². The molecular formula is C14H23ClN2O3S. The number of rotatable bonds is 5. The SMILES string of the molecule is CCCOc1ccc(S(=O)(=O)N2CCC(N)CC2)cc1.Cl. The van der Waals surface area contributed by atoms with E-state index in [1.165, 1.54) is 4.31 Å². The number of piperidine rings is 1. The summed E-state index contributed by atoms with van der Waals surface area (Å²) in [6, 6.07) is 6.74. The standard InChI is InChI=1S/C14H22N2O3S.ClH/c1-2-11-19-13-3-5-14(6-4-13)20(17,18)16-9-7-12(15)8-10-16;/h3-6,12H,2,7-11,15H2,1H3;1H. The Bertz CT molecular complexity index is 526. The topological polar surface area (TPSA) is 72.6 Å². The normalized spacial score (nSPS) is 17.2. The molecule has 0 amide bonds. The molecule has 0 aliphatic carbocycles. The molecule has 21 heavy (non-hydrogen) atoms. The fourth-order valence-corrected chi connectivity index (χ4v) is 3.66. The van der Waals surface area contributed by atoms with Crippen LogP contribution in [0.3, 0.4) is 0 Å². The zero-order valence-corrected chi connectivity index (χ0v) is 13.8. The molecule has 0 atom stereocenters. The molecule has 1 saturated heterocycles. The Labute approximate surface area is 132 Å². The van der Waals surface area contributed by atoms with Crippen molar-refractivity contribution in [2.24, 2.45) is 5.73 Å². The molecule has 5 nitrogen and oxygen atoms in total. The summed E-state index contributed by atoms with van der Waals surface area (Å²) < 4.78 is 31.9. The Kier molecular flexibility index (Phi) is 6.93. The molecule has 1 fully saturated rings. The van der Waals surface area contributed by atoms with E-state index in [4.69, 9.17) is 10.5 Å². The average Bonchev–Trinajstić information content (AvgIpc) is 2.46. The fraction of sp³-hybridized carbons (Fsp3) is 0.571. The van der Waals surface area contributed by atoms with Crippen LogP contribution in [0.25, 0.3) is 0 Å². The number of nitrogens with two attached hydrogens (primary N) is 1. The van der Waals surface area contributed by atoms with Gasteiger partial charge in [-0.05, 0) is 43.5 Å². The Morgan fingerprint density at radius 2 is 1.81 bits per heavy atom. The van der Waals surface area contributed by atoms with Gasteiger partial charge < -0.3 is 10.5 Å². The van der Waals surface area contributed by atoms with Gasteiger partial charge in [-0.2, -0.15) is 4.31 Å². The van der Waals surface area contributed by atoms with Gasteiger partial charge in [0.25, 0.3) is 0 Å². The van der Waals surface area contributed by atoms with Gasteiger partial charge in [0.15, 0.2) is 0 Å². The molecule has 0 aromatic heterocycles. The molecule has 2 rings (SSSR count). The van der Waals surface area contributed by atoms with E-state index in [0.29, 0.717) is 30.3 Å². The van der Waals surface area contributed by atoms with Crippen molar-refractivity contribution in [2.45, 2.75) is 37.1 Å². The van der Waals surface area contributed by atoms with Crippen molar-refractivity contribution >= 4 is 22.4 Å². The predicted octanol–water partition coefficient (Wildman–Crippen LogP) is 2.01. The van der Waals surface area contributed by atoms with E-state index < -0.39 is 10.0 Å². The number of hydrogen-bond acceptors (Lipinski definition) is 4. The number of hydrogen-bond donors (Lipinski definition) is 1. The van der Waals surface area contributed by atoms with Gasteiger partial charge in [-0.1, -0.05) is 6.92 Å². The van der Waals surface area contributed by atoms with Crippen LogP contribution < -0.4 is 10.5 Å². The van der Waals surface area contributed by atoms with Gasteiger partial charge in [0.1, 0.15) is 5.75 Å². The second-order valence-electron chi connectivity index (χ2n) is 5.06. The minimum absolute atomic E-state index is 0. The molecule has 0 saturated carbocycles. The van der Waals surface area contributed by atoms with Crippen LogP contribution in [0, 0.1) is 0 Å². The van der Waals surface area contributed by atoms with E-state index in [1.807, 2.05) is 6.92 Å². The maximum atomic E-state index is 12.5. The third kappa shape index (κ3) is 4.57. The largest absolute Gasteiger partial charge is 0.494 e. The highest BCUT2D eigenvalue weighted by Crippen LogP contribution is 2.22. The van der Waals surface area contributed by atoms with Gasteiger partial charge >= 0.3 is 0 Å².